The molecule has 4 aromatic carbocycles. The van der Waals surface area contributed by atoms with E-state index < -0.39 is 10.0 Å². The minimum Gasteiger partial charge on any atom is -0.456 e. The van der Waals surface area contributed by atoms with Crippen LogP contribution in [0.2, 0.25) is 0 Å². The Balaban J connectivity index is 1.31. The summed E-state index contributed by atoms with van der Waals surface area (Å²) in [7, 11) is -3.50. The third-order valence-corrected chi connectivity index (χ3v) is 7.57. The van der Waals surface area contributed by atoms with Crippen molar-refractivity contribution in [1.29, 1.82) is 0 Å². The minimum absolute atomic E-state index is 0.171. The summed E-state index contributed by atoms with van der Waals surface area (Å²) < 4.78 is 32.4. The number of benzene rings is 4. The maximum absolute atomic E-state index is 12.9. The molecule has 0 bridgehead atoms. The van der Waals surface area contributed by atoms with E-state index in [4.69, 9.17) is 4.42 Å². The van der Waals surface area contributed by atoms with Crippen LogP contribution in [0, 0.1) is 0 Å². The van der Waals surface area contributed by atoms with E-state index in [1.807, 2.05) is 66.7 Å². The van der Waals surface area contributed by atoms with Crippen molar-refractivity contribution in [2.75, 3.05) is 15.9 Å². The number of hydrogen-bond donors (Lipinski definition) is 1. The quantitative estimate of drug-likeness (QED) is 0.256. The molecule has 1 aromatic heterocycles. The van der Waals surface area contributed by atoms with Crippen molar-refractivity contribution < 1.29 is 17.6 Å². The van der Waals surface area contributed by atoms with Crippen LogP contribution in [-0.2, 0) is 16.6 Å². The van der Waals surface area contributed by atoms with Crippen molar-refractivity contribution in [1.82, 2.24) is 0 Å². The molecule has 0 unspecified atom stereocenters. The lowest BCUT2D eigenvalue weighted by Gasteiger charge is -2.23. The van der Waals surface area contributed by atoms with Crippen LogP contribution in [0.25, 0.3) is 21.9 Å². The molecular formula is C30H28N2O4S. The maximum Gasteiger partial charge on any atom is 0.255 e. The number of carbonyl (C=O) groups excluding carboxylic acids is 1. The van der Waals surface area contributed by atoms with Crippen LogP contribution in [0.15, 0.2) is 95.4 Å². The van der Waals surface area contributed by atoms with Gasteiger partial charge in [-0.2, -0.15) is 0 Å². The molecule has 0 fully saturated rings. The molecule has 0 aliphatic carbocycles. The van der Waals surface area contributed by atoms with Gasteiger partial charge in [0.1, 0.15) is 11.2 Å². The molecule has 188 valence electrons. The number of amides is 1. The molecule has 1 amide bonds. The van der Waals surface area contributed by atoms with E-state index in [1.54, 1.807) is 24.3 Å². The van der Waals surface area contributed by atoms with E-state index in [9.17, 15) is 13.2 Å². The van der Waals surface area contributed by atoms with Gasteiger partial charge >= 0.3 is 0 Å². The Labute approximate surface area is 216 Å². The van der Waals surface area contributed by atoms with Crippen LogP contribution in [0.4, 0.5) is 11.4 Å². The van der Waals surface area contributed by atoms with Crippen molar-refractivity contribution in [3.8, 4) is 0 Å². The molecule has 6 nitrogen and oxygen atoms in total. The third kappa shape index (κ3) is 5.22. The summed E-state index contributed by atoms with van der Waals surface area (Å²) in [6.07, 6.45) is 1.20. The molecule has 5 aromatic rings. The summed E-state index contributed by atoms with van der Waals surface area (Å²) in [4.78, 5) is 12.9. The zero-order valence-electron chi connectivity index (χ0n) is 20.9. The van der Waals surface area contributed by atoms with Gasteiger partial charge in [-0.25, -0.2) is 8.42 Å². The highest BCUT2D eigenvalue weighted by molar-refractivity contribution is 7.92. The SMILES string of the molecule is CC(C)c1ccc(N(Cc2ccc(C(=O)Nc3ccc4c(c3)oc3ccccc34)cc2)S(C)(=O)=O)cc1. The van der Waals surface area contributed by atoms with Crippen LogP contribution in [0.1, 0.15) is 41.3 Å². The Morgan fingerprint density at radius 3 is 2.22 bits per heavy atom. The number of para-hydroxylation sites is 1. The Kier molecular flexibility index (Phi) is 6.48. The Morgan fingerprint density at radius 1 is 0.865 bits per heavy atom. The summed E-state index contributed by atoms with van der Waals surface area (Å²) >= 11 is 0. The fourth-order valence-electron chi connectivity index (χ4n) is 4.36. The first kappa shape index (κ1) is 24.6. The summed E-state index contributed by atoms with van der Waals surface area (Å²) in [5.41, 5.74) is 5.14. The number of furan rings is 1. The van der Waals surface area contributed by atoms with Crippen molar-refractivity contribution in [3.63, 3.8) is 0 Å². The molecule has 7 heteroatoms. The predicted molar refractivity (Wildman–Crippen MR) is 150 cm³/mol. The maximum atomic E-state index is 12.9. The van der Waals surface area contributed by atoms with Crippen molar-refractivity contribution in [2.45, 2.75) is 26.3 Å². The normalized spacial score (nSPS) is 11.8. The predicted octanol–water partition coefficient (Wildman–Crippen LogP) is 6.93. The average Bonchev–Trinajstić information content (AvgIpc) is 3.25. The van der Waals surface area contributed by atoms with Gasteiger partial charge in [-0.05, 0) is 59.5 Å². The highest BCUT2D eigenvalue weighted by Gasteiger charge is 2.18. The first-order valence-electron chi connectivity index (χ1n) is 12.1. The van der Waals surface area contributed by atoms with Crippen LogP contribution in [0.3, 0.4) is 0 Å². The van der Waals surface area contributed by atoms with Crippen LogP contribution in [0.5, 0.6) is 0 Å². The van der Waals surface area contributed by atoms with Gasteiger partial charge in [-0.1, -0.05) is 56.3 Å². The van der Waals surface area contributed by atoms with Crippen molar-refractivity contribution in [2.24, 2.45) is 0 Å². The Morgan fingerprint density at radius 2 is 1.54 bits per heavy atom. The van der Waals surface area contributed by atoms with Gasteiger partial charge in [0, 0.05) is 28.1 Å². The number of carbonyl (C=O) groups is 1. The lowest BCUT2D eigenvalue weighted by Crippen LogP contribution is -2.29. The summed E-state index contributed by atoms with van der Waals surface area (Å²) in [6.45, 7) is 4.36. The van der Waals surface area contributed by atoms with Crippen molar-refractivity contribution >= 4 is 49.2 Å². The first-order valence-corrected chi connectivity index (χ1v) is 13.9. The molecule has 0 atom stereocenters. The number of nitrogens with one attached hydrogen (secondary N) is 1. The monoisotopic (exact) mass is 512 g/mol. The molecule has 0 saturated carbocycles. The van der Waals surface area contributed by atoms with E-state index in [-0.39, 0.29) is 12.5 Å². The largest absolute Gasteiger partial charge is 0.456 e. The first-order chi connectivity index (χ1) is 17.7. The molecule has 0 radical (unpaired) electrons. The van der Waals surface area contributed by atoms with Gasteiger partial charge in [0.25, 0.3) is 5.91 Å². The number of nitrogens with zero attached hydrogens (tertiary/aromatic N) is 1. The van der Waals surface area contributed by atoms with E-state index in [0.717, 1.165) is 27.5 Å². The second-order valence-electron chi connectivity index (χ2n) is 9.48. The molecule has 37 heavy (non-hydrogen) atoms. The number of fused-ring (bicyclic) bond motifs is 3. The second-order valence-corrected chi connectivity index (χ2v) is 11.4. The van der Waals surface area contributed by atoms with E-state index >= 15 is 0 Å². The van der Waals surface area contributed by atoms with Gasteiger partial charge in [0.05, 0.1) is 18.5 Å². The molecule has 1 N–H and O–H groups in total. The Bertz CT molecular complexity index is 1690. The van der Waals surface area contributed by atoms with Gasteiger partial charge in [-0.15, -0.1) is 0 Å². The zero-order chi connectivity index (χ0) is 26.2. The van der Waals surface area contributed by atoms with E-state index in [0.29, 0.717) is 28.4 Å². The smallest absolute Gasteiger partial charge is 0.255 e. The van der Waals surface area contributed by atoms with Gasteiger partial charge in [-0.3, -0.25) is 9.10 Å². The number of sulfonamides is 1. The van der Waals surface area contributed by atoms with Gasteiger partial charge in [0.15, 0.2) is 0 Å². The summed E-state index contributed by atoms with van der Waals surface area (Å²) in [5, 5.41) is 4.94. The molecule has 0 saturated heterocycles. The molecule has 1 heterocycles. The minimum atomic E-state index is -3.50. The average molecular weight is 513 g/mol. The van der Waals surface area contributed by atoms with Crippen LogP contribution >= 0.6 is 0 Å². The molecule has 0 aliphatic heterocycles. The lowest BCUT2D eigenvalue weighted by molar-refractivity contribution is 0.102. The van der Waals surface area contributed by atoms with E-state index in [2.05, 4.69) is 19.2 Å². The molecule has 5 rings (SSSR count). The van der Waals surface area contributed by atoms with Crippen molar-refractivity contribution in [3.05, 3.63) is 108 Å². The van der Waals surface area contributed by atoms with Crippen LogP contribution in [-0.4, -0.2) is 20.6 Å². The van der Waals surface area contributed by atoms with Crippen LogP contribution < -0.4 is 9.62 Å². The topological polar surface area (TPSA) is 79.6 Å². The number of hydrogen-bond acceptors (Lipinski definition) is 4. The summed E-state index contributed by atoms with van der Waals surface area (Å²) in [5.74, 6) is 0.103. The third-order valence-electron chi connectivity index (χ3n) is 6.43. The fourth-order valence-corrected chi connectivity index (χ4v) is 5.25. The number of rotatable bonds is 7. The molecule has 0 aliphatic rings. The zero-order valence-corrected chi connectivity index (χ0v) is 21.7. The highest BCUT2D eigenvalue weighted by atomic mass is 32.2. The van der Waals surface area contributed by atoms with Gasteiger partial charge in [0.2, 0.25) is 10.0 Å². The molecule has 0 spiro atoms. The second kappa shape index (κ2) is 9.75. The van der Waals surface area contributed by atoms with Gasteiger partial charge < -0.3 is 9.73 Å². The number of anilines is 2. The summed E-state index contributed by atoms with van der Waals surface area (Å²) in [6, 6.07) is 27.9. The highest BCUT2D eigenvalue weighted by Crippen LogP contribution is 2.30. The lowest BCUT2D eigenvalue weighted by atomic mass is 10.0. The fraction of sp³-hybridized carbons (Fsp3) is 0.167. The molecular weight excluding hydrogens is 484 g/mol. The van der Waals surface area contributed by atoms with E-state index in [1.165, 1.54) is 10.6 Å². The Hall–Kier alpha value is -4.10. The standard InChI is InChI=1S/C30H28N2O4S/c1-20(2)22-12-15-25(16-13-22)32(37(3,34)35)19-21-8-10-23(11-9-21)30(33)31-24-14-17-27-26-6-4-5-7-28(26)36-29(27)18-24/h4-18,20H,19H2,1-3H3,(H,31,33).